The van der Waals surface area contributed by atoms with Gasteiger partial charge in [-0.15, -0.1) is 0 Å². The fourth-order valence-electron chi connectivity index (χ4n) is 5.73. The third-order valence-corrected chi connectivity index (χ3v) is 10.6. The van der Waals surface area contributed by atoms with Gasteiger partial charge in [-0.2, -0.15) is 0 Å². The van der Waals surface area contributed by atoms with Crippen molar-refractivity contribution in [2.24, 2.45) is 0 Å². The Labute approximate surface area is 295 Å². The van der Waals surface area contributed by atoms with Crippen LogP contribution < -0.4 is 16.0 Å². The summed E-state index contributed by atoms with van der Waals surface area (Å²) < 4.78 is 27.6. The minimum Gasteiger partial charge on any atom is -0.395 e. The number of carbonyl (C=O) groups excluding carboxylic acids is 3. The SMILES string of the molecule is CCCC(CCC)S(=O)(=O)CC(NC(=O)c1cccnc1)C(=O)N(Cc1ccccc1)CC(O)C(NCCO)C(=O)NCCc1ccccc1. The maximum Gasteiger partial charge on any atom is 0.253 e. The number of aliphatic hydroxyl groups excluding tert-OH is 2. The van der Waals surface area contributed by atoms with Crippen molar-refractivity contribution in [3.05, 3.63) is 102 Å². The number of aromatic nitrogens is 1. The molecule has 1 aromatic heterocycles. The van der Waals surface area contributed by atoms with Crippen LogP contribution in [0.15, 0.2) is 85.2 Å². The average molecular weight is 710 g/mol. The fourth-order valence-corrected chi connectivity index (χ4v) is 7.88. The lowest BCUT2D eigenvalue weighted by Crippen LogP contribution is -2.58. The Morgan fingerprint density at radius 2 is 1.52 bits per heavy atom. The van der Waals surface area contributed by atoms with Crippen molar-refractivity contribution in [1.29, 1.82) is 0 Å². The largest absolute Gasteiger partial charge is 0.395 e. The predicted molar refractivity (Wildman–Crippen MR) is 193 cm³/mol. The number of carbonyl (C=O) groups is 3. The Bertz CT molecular complexity index is 1560. The zero-order valence-electron chi connectivity index (χ0n) is 28.9. The fraction of sp³-hybridized carbons (Fsp3) is 0.459. The van der Waals surface area contributed by atoms with E-state index in [0.29, 0.717) is 37.7 Å². The molecule has 3 rings (SSSR count). The van der Waals surface area contributed by atoms with Gasteiger partial charge in [0.1, 0.15) is 12.1 Å². The lowest BCUT2D eigenvalue weighted by atomic mass is 10.1. The summed E-state index contributed by atoms with van der Waals surface area (Å²) in [5.41, 5.74) is 1.86. The van der Waals surface area contributed by atoms with Crippen molar-refractivity contribution >= 4 is 27.6 Å². The first-order valence-corrected chi connectivity index (χ1v) is 18.9. The smallest absolute Gasteiger partial charge is 0.253 e. The Morgan fingerprint density at radius 1 is 0.880 bits per heavy atom. The monoisotopic (exact) mass is 709 g/mol. The molecule has 272 valence electrons. The summed E-state index contributed by atoms with van der Waals surface area (Å²) in [6.07, 6.45) is 3.99. The molecule has 3 aromatic rings. The first-order chi connectivity index (χ1) is 24.1. The molecule has 3 amide bonds. The highest BCUT2D eigenvalue weighted by Crippen LogP contribution is 2.19. The highest BCUT2D eigenvalue weighted by atomic mass is 32.2. The van der Waals surface area contributed by atoms with Crippen LogP contribution in [0, 0.1) is 0 Å². The van der Waals surface area contributed by atoms with Gasteiger partial charge < -0.3 is 31.1 Å². The second kappa shape index (κ2) is 21.1. The Hall–Kier alpha value is -4.17. The van der Waals surface area contributed by atoms with Crippen molar-refractivity contribution in [2.45, 2.75) is 75.9 Å². The molecule has 2 aromatic carbocycles. The van der Waals surface area contributed by atoms with Gasteiger partial charge in [0.05, 0.1) is 29.3 Å². The molecule has 0 spiro atoms. The van der Waals surface area contributed by atoms with Gasteiger partial charge in [0.15, 0.2) is 9.84 Å². The van der Waals surface area contributed by atoms with E-state index in [9.17, 15) is 33.0 Å². The van der Waals surface area contributed by atoms with E-state index in [1.807, 2.05) is 50.2 Å². The maximum atomic E-state index is 14.5. The van der Waals surface area contributed by atoms with E-state index in [1.54, 1.807) is 30.3 Å². The number of sulfone groups is 1. The molecule has 5 N–H and O–H groups in total. The molecule has 0 saturated carbocycles. The topological polar surface area (TPSA) is 178 Å². The maximum absolute atomic E-state index is 14.5. The molecule has 0 aliphatic rings. The van der Waals surface area contributed by atoms with Crippen molar-refractivity contribution in [3.63, 3.8) is 0 Å². The van der Waals surface area contributed by atoms with Crippen LogP contribution in [-0.4, -0.2) is 102 Å². The van der Waals surface area contributed by atoms with E-state index in [0.717, 1.165) is 5.56 Å². The second-order valence-electron chi connectivity index (χ2n) is 12.3. The van der Waals surface area contributed by atoms with Gasteiger partial charge in [-0.1, -0.05) is 87.4 Å². The summed E-state index contributed by atoms with van der Waals surface area (Å²) in [5, 5.41) is 28.6. The van der Waals surface area contributed by atoms with Crippen LogP contribution in [0.4, 0.5) is 0 Å². The van der Waals surface area contributed by atoms with Crippen LogP contribution in [0.1, 0.15) is 61.0 Å². The lowest BCUT2D eigenvalue weighted by molar-refractivity contribution is -0.137. The standard InChI is InChI=1S/C37H51N5O7S/c1-3-12-31(13-4-2)50(48,49)27-32(41-35(45)30-18-11-20-38-24-30)37(47)42(25-29-16-9-6-10-17-29)26-33(44)34(39-22-23-43)36(46)40-21-19-28-14-7-5-8-15-28/h5-11,14-18,20,24,31-34,39,43-44H,3-4,12-13,19,21-23,25-27H2,1-2H3,(H,40,46)(H,41,45). The van der Waals surface area contributed by atoms with Gasteiger partial charge in [0.25, 0.3) is 5.91 Å². The van der Waals surface area contributed by atoms with Crippen molar-refractivity contribution in [3.8, 4) is 0 Å². The summed E-state index contributed by atoms with van der Waals surface area (Å²) in [6.45, 7) is 3.36. The molecule has 0 aliphatic carbocycles. The minimum absolute atomic E-state index is 0.00124. The molecule has 3 atom stereocenters. The van der Waals surface area contributed by atoms with E-state index in [4.69, 9.17) is 0 Å². The quantitative estimate of drug-likeness (QED) is 0.105. The first kappa shape index (κ1) is 40.3. The number of hydrogen-bond donors (Lipinski definition) is 5. The van der Waals surface area contributed by atoms with Crippen LogP contribution in [0.2, 0.25) is 0 Å². The number of nitrogens with one attached hydrogen (secondary N) is 3. The predicted octanol–water partition coefficient (Wildman–Crippen LogP) is 2.26. The van der Waals surface area contributed by atoms with Crippen LogP contribution in [0.5, 0.6) is 0 Å². The molecule has 13 heteroatoms. The van der Waals surface area contributed by atoms with Crippen molar-refractivity contribution in [1.82, 2.24) is 25.8 Å². The van der Waals surface area contributed by atoms with E-state index in [-0.39, 0.29) is 38.3 Å². The lowest BCUT2D eigenvalue weighted by Gasteiger charge is -2.32. The molecule has 3 unspecified atom stereocenters. The molecule has 0 bridgehead atoms. The summed E-state index contributed by atoms with van der Waals surface area (Å²) in [5.74, 6) is -2.57. The zero-order chi connectivity index (χ0) is 36.4. The number of benzene rings is 2. The molecular weight excluding hydrogens is 659 g/mol. The third kappa shape index (κ3) is 12.9. The molecule has 0 saturated heterocycles. The Kier molecular flexibility index (Phi) is 17.0. The van der Waals surface area contributed by atoms with Crippen LogP contribution in [-0.2, 0) is 32.4 Å². The summed E-state index contributed by atoms with van der Waals surface area (Å²) in [4.78, 5) is 46.4. The summed E-state index contributed by atoms with van der Waals surface area (Å²) in [7, 11) is -3.87. The average Bonchev–Trinajstić information content (AvgIpc) is 3.12. The number of nitrogens with zero attached hydrogens (tertiary/aromatic N) is 2. The van der Waals surface area contributed by atoms with Crippen LogP contribution >= 0.6 is 0 Å². The van der Waals surface area contributed by atoms with Gasteiger partial charge in [-0.3, -0.25) is 19.4 Å². The van der Waals surface area contributed by atoms with E-state index in [2.05, 4.69) is 20.9 Å². The number of hydrogen-bond acceptors (Lipinski definition) is 9. The Morgan fingerprint density at radius 3 is 2.10 bits per heavy atom. The van der Waals surface area contributed by atoms with E-state index in [1.165, 1.54) is 23.4 Å². The molecule has 50 heavy (non-hydrogen) atoms. The van der Waals surface area contributed by atoms with Crippen molar-refractivity contribution < 1.29 is 33.0 Å². The number of pyridine rings is 1. The molecular formula is C37H51N5O7S. The number of aliphatic hydroxyl groups is 2. The Balaban J connectivity index is 1.93. The summed E-state index contributed by atoms with van der Waals surface area (Å²) >= 11 is 0. The zero-order valence-corrected chi connectivity index (χ0v) is 29.7. The molecule has 0 radical (unpaired) electrons. The van der Waals surface area contributed by atoms with Gasteiger partial charge in [0, 0.05) is 38.6 Å². The van der Waals surface area contributed by atoms with Gasteiger partial charge in [-0.05, 0) is 42.5 Å². The van der Waals surface area contributed by atoms with Gasteiger partial charge >= 0.3 is 0 Å². The molecule has 1 heterocycles. The number of rotatable bonds is 22. The second-order valence-corrected chi connectivity index (χ2v) is 14.6. The van der Waals surface area contributed by atoms with Crippen LogP contribution in [0.3, 0.4) is 0 Å². The third-order valence-electron chi connectivity index (χ3n) is 8.29. The van der Waals surface area contributed by atoms with Gasteiger partial charge in [-0.25, -0.2) is 8.42 Å². The highest BCUT2D eigenvalue weighted by Gasteiger charge is 2.37. The minimum atomic E-state index is -3.87. The number of amides is 3. The van der Waals surface area contributed by atoms with Crippen LogP contribution in [0.25, 0.3) is 0 Å². The highest BCUT2D eigenvalue weighted by molar-refractivity contribution is 7.92. The van der Waals surface area contributed by atoms with Gasteiger partial charge in [0.2, 0.25) is 11.8 Å². The van der Waals surface area contributed by atoms with E-state index < -0.39 is 56.7 Å². The molecule has 0 aliphatic heterocycles. The van der Waals surface area contributed by atoms with E-state index >= 15 is 0 Å². The summed E-state index contributed by atoms with van der Waals surface area (Å²) in [6, 6.07) is 18.9. The normalized spacial score (nSPS) is 13.3. The van der Waals surface area contributed by atoms with Crippen molar-refractivity contribution in [2.75, 3.05) is 32.0 Å². The molecule has 12 nitrogen and oxygen atoms in total. The first-order valence-electron chi connectivity index (χ1n) is 17.2. The molecule has 0 fully saturated rings.